The quantitative estimate of drug-likeness (QED) is 0.373. The van der Waals surface area contributed by atoms with Crippen molar-refractivity contribution in [3.8, 4) is 27.5 Å². The van der Waals surface area contributed by atoms with Crippen molar-refractivity contribution in [3.05, 3.63) is 54.1 Å². The molecule has 2 aliphatic heterocycles. The van der Waals surface area contributed by atoms with E-state index in [0.717, 1.165) is 65.0 Å². The third-order valence-electron chi connectivity index (χ3n) is 8.40. The van der Waals surface area contributed by atoms with E-state index in [4.69, 9.17) is 15.1 Å². The van der Waals surface area contributed by atoms with Crippen molar-refractivity contribution in [2.75, 3.05) is 36.4 Å². The van der Waals surface area contributed by atoms with Crippen LogP contribution in [0.4, 0.5) is 10.9 Å². The van der Waals surface area contributed by atoms with Gasteiger partial charge in [-0.3, -0.25) is 9.78 Å². The summed E-state index contributed by atoms with van der Waals surface area (Å²) < 4.78 is 2.00. The fourth-order valence-electron chi connectivity index (χ4n) is 6.43. The van der Waals surface area contributed by atoms with Gasteiger partial charge in [-0.25, -0.2) is 14.6 Å². The van der Waals surface area contributed by atoms with Crippen molar-refractivity contribution in [3.63, 3.8) is 0 Å². The number of nitrogens with one attached hydrogen (secondary N) is 1. The number of amides is 1. The van der Waals surface area contributed by atoms with E-state index in [2.05, 4.69) is 38.3 Å². The Morgan fingerprint density at radius 2 is 1.88 bits per heavy atom. The van der Waals surface area contributed by atoms with Crippen LogP contribution in [0, 0.1) is 0 Å². The fraction of sp³-hybridized carbons (Fsp3) is 0.433. The molecule has 10 heteroatoms. The Balaban J connectivity index is 1.19. The maximum absolute atomic E-state index is 11.7. The fourth-order valence-corrected chi connectivity index (χ4v) is 7.55. The monoisotopic (exact) mass is 554 g/mol. The predicted octanol–water partition coefficient (Wildman–Crippen LogP) is 4.96. The van der Waals surface area contributed by atoms with E-state index in [0.29, 0.717) is 11.2 Å². The maximum Gasteiger partial charge on any atom is 0.223 e. The molecule has 4 aromatic rings. The van der Waals surface area contributed by atoms with E-state index in [9.17, 15) is 4.79 Å². The number of hydrogen-bond acceptors (Lipinski definition) is 8. The van der Waals surface area contributed by atoms with E-state index < -0.39 is 0 Å². The number of thiazole rings is 1. The average Bonchev–Trinajstić information content (AvgIpc) is 3.59. The number of nitrogens with zero attached hydrogens (tertiary/aromatic N) is 7. The van der Waals surface area contributed by atoms with Crippen molar-refractivity contribution in [1.82, 2.24) is 29.6 Å². The average molecular weight is 555 g/mol. The second-order valence-electron chi connectivity index (χ2n) is 11.0. The standard InChI is InChI=1S/C30H34N8OS/c1-20(39)33-30-34-25-9-8-24-27(21-6-5-13-31-18-21)35-38(28(24)29(25)40-30)23-7-10-26(32-19-23)37-16-11-22(12-17-37)36-14-3-2-4-15-36/h5-7,10,13,18-19,22H,2-4,8-9,11-12,14-17H2,1H3,(H,33,34,39). The van der Waals surface area contributed by atoms with E-state index in [1.54, 1.807) is 6.20 Å². The number of rotatable bonds is 5. The SMILES string of the molecule is CC(=O)Nc1nc2c(s1)-c1c(c(-c3cccnc3)nn1-c1ccc(N3CCC(N4CCCCC4)CC3)nc1)CC2. The number of fused-ring (bicyclic) bond motifs is 3. The zero-order chi connectivity index (χ0) is 27.1. The first-order valence-electron chi connectivity index (χ1n) is 14.4. The van der Waals surface area contributed by atoms with Crippen LogP contribution in [0.3, 0.4) is 0 Å². The van der Waals surface area contributed by atoms with Gasteiger partial charge in [0.1, 0.15) is 5.82 Å². The Morgan fingerprint density at radius 3 is 2.60 bits per heavy atom. The summed E-state index contributed by atoms with van der Waals surface area (Å²) in [6.45, 7) is 6.14. The van der Waals surface area contributed by atoms with Gasteiger partial charge in [-0.05, 0) is 75.9 Å². The Kier molecular flexibility index (Phi) is 6.81. The number of carbonyl (C=O) groups excluding carboxylic acids is 1. The van der Waals surface area contributed by atoms with E-state index >= 15 is 0 Å². The summed E-state index contributed by atoms with van der Waals surface area (Å²) in [4.78, 5) is 31.9. The first-order chi connectivity index (χ1) is 19.6. The molecule has 0 unspecified atom stereocenters. The van der Waals surface area contributed by atoms with Crippen LogP contribution >= 0.6 is 11.3 Å². The second-order valence-corrected chi connectivity index (χ2v) is 12.0. The smallest absolute Gasteiger partial charge is 0.223 e. The third-order valence-corrected chi connectivity index (χ3v) is 9.42. The lowest BCUT2D eigenvalue weighted by molar-refractivity contribution is -0.114. The summed E-state index contributed by atoms with van der Waals surface area (Å²) in [5.41, 5.74) is 6.07. The first kappa shape index (κ1) is 25.3. The highest BCUT2D eigenvalue weighted by Crippen LogP contribution is 2.44. The molecule has 1 aliphatic carbocycles. The molecule has 9 nitrogen and oxygen atoms in total. The molecule has 0 spiro atoms. The van der Waals surface area contributed by atoms with Gasteiger partial charge in [0.25, 0.3) is 0 Å². The molecule has 2 saturated heterocycles. The Bertz CT molecular complexity index is 1500. The van der Waals surface area contributed by atoms with Crippen LogP contribution < -0.4 is 10.2 Å². The molecule has 4 aromatic heterocycles. The summed E-state index contributed by atoms with van der Waals surface area (Å²) in [6, 6.07) is 8.98. The number of aromatic nitrogens is 5. The highest BCUT2D eigenvalue weighted by molar-refractivity contribution is 7.19. The van der Waals surface area contributed by atoms with Gasteiger partial charge in [0.2, 0.25) is 5.91 Å². The molecule has 2 fully saturated rings. The van der Waals surface area contributed by atoms with Gasteiger partial charge >= 0.3 is 0 Å². The van der Waals surface area contributed by atoms with Crippen molar-refractivity contribution in [2.45, 2.75) is 57.9 Å². The van der Waals surface area contributed by atoms with Gasteiger partial charge in [-0.15, -0.1) is 0 Å². The highest BCUT2D eigenvalue weighted by atomic mass is 32.1. The molecule has 40 heavy (non-hydrogen) atoms. The molecule has 0 atom stereocenters. The number of pyridine rings is 2. The van der Waals surface area contributed by atoms with E-state index in [1.807, 2.05) is 23.1 Å². The minimum absolute atomic E-state index is 0.115. The normalized spacial score (nSPS) is 17.9. The molecular weight excluding hydrogens is 520 g/mol. The predicted molar refractivity (Wildman–Crippen MR) is 158 cm³/mol. The minimum Gasteiger partial charge on any atom is -0.357 e. The van der Waals surface area contributed by atoms with Crippen molar-refractivity contribution < 1.29 is 4.79 Å². The summed E-state index contributed by atoms with van der Waals surface area (Å²) in [7, 11) is 0. The van der Waals surface area contributed by atoms with Crippen LogP contribution in [0.25, 0.3) is 27.5 Å². The van der Waals surface area contributed by atoms with Gasteiger partial charge in [0.05, 0.1) is 33.8 Å². The van der Waals surface area contributed by atoms with Crippen molar-refractivity contribution in [1.29, 1.82) is 0 Å². The topological polar surface area (TPSA) is 92.1 Å². The second kappa shape index (κ2) is 10.7. The molecule has 206 valence electrons. The van der Waals surface area contributed by atoms with Gasteiger partial charge in [-0.1, -0.05) is 17.8 Å². The number of piperidine rings is 2. The zero-order valence-electron chi connectivity index (χ0n) is 22.8. The molecule has 0 radical (unpaired) electrons. The molecule has 0 bridgehead atoms. The Labute approximate surface area is 238 Å². The largest absolute Gasteiger partial charge is 0.357 e. The van der Waals surface area contributed by atoms with Crippen LogP contribution in [0.1, 0.15) is 50.3 Å². The molecule has 0 aromatic carbocycles. The molecule has 7 rings (SSSR count). The molecule has 3 aliphatic rings. The molecule has 0 saturated carbocycles. The van der Waals surface area contributed by atoms with Crippen LogP contribution in [-0.2, 0) is 17.6 Å². The van der Waals surface area contributed by atoms with Gasteiger partial charge in [0.15, 0.2) is 5.13 Å². The third kappa shape index (κ3) is 4.79. The summed E-state index contributed by atoms with van der Waals surface area (Å²) in [5.74, 6) is 0.913. The maximum atomic E-state index is 11.7. The number of carbonyl (C=O) groups is 1. The van der Waals surface area contributed by atoms with Crippen molar-refractivity contribution >= 4 is 28.2 Å². The van der Waals surface area contributed by atoms with Gasteiger partial charge < -0.3 is 15.1 Å². The molecular formula is C30H34N8OS. The van der Waals surface area contributed by atoms with Crippen molar-refractivity contribution in [2.24, 2.45) is 0 Å². The van der Waals surface area contributed by atoms with Gasteiger partial charge in [0, 0.05) is 49.6 Å². The lowest BCUT2D eigenvalue weighted by Gasteiger charge is -2.40. The number of hydrogen-bond donors (Lipinski definition) is 1. The van der Waals surface area contributed by atoms with E-state index in [1.165, 1.54) is 69.0 Å². The summed E-state index contributed by atoms with van der Waals surface area (Å²) >= 11 is 1.51. The number of aryl methyl sites for hydroxylation is 1. The first-order valence-corrected chi connectivity index (χ1v) is 15.2. The van der Waals surface area contributed by atoms with Crippen LogP contribution in [0.15, 0.2) is 42.9 Å². The van der Waals surface area contributed by atoms with Gasteiger partial charge in [-0.2, -0.15) is 5.10 Å². The number of likely N-dealkylation sites (tertiary alicyclic amines) is 1. The zero-order valence-corrected chi connectivity index (χ0v) is 23.7. The molecule has 1 amide bonds. The lowest BCUT2D eigenvalue weighted by atomic mass is 9.95. The van der Waals surface area contributed by atoms with Crippen LogP contribution in [0.5, 0.6) is 0 Å². The number of anilines is 2. The Hall–Kier alpha value is -3.63. The highest BCUT2D eigenvalue weighted by Gasteiger charge is 2.30. The Morgan fingerprint density at radius 1 is 1.02 bits per heavy atom. The minimum atomic E-state index is -0.115. The van der Waals surface area contributed by atoms with Crippen LogP contribution in [0.2, 0.25) is 0 Å². The molecule has 6 heterocycles. The lowest BCUT2D eigenvalue weighted by Crippen LogP contribution is -2.46. The van der Waals surface area contributed by atoms with Crippen LogP contribution in [-0.4, -0.2) is 67.8 Å². The molecule has 1 N–H and O–H groups in total. The summed E-state index contributed by atoms with van der Waals surface area (Å²) in [5, 5.41) is 8.61. The summed E-state index contributed by atoms with van der Waals surface area (Å²) in [6.07, 6.45) is 13.7. The van der Waals surface area contributed by atoms with E-state index in [-0.39, 0.29) is 5.91 Å².